The molecule has 0 spiro atoms. The van der Waals surface area contributed by atoms with E-state index >= 15 is 0 Å². The van der Waals surface area contributed by atoms with Crippen LogP contribution in [0.25, 0.3) is 10.9 Å². The molecule has 1 aliphatic heterocycles. The van der Waals surface area contributed by atoms with E-state index in [9.17, 15) is 8.42 Å². The third-order valence-electron chi connectivity index (χ3n) is 4.20. The maximum absolute atomic E-state index is 12.4. The van der Waals surface area contributed by atoms with Crippen LogP contribution >= 0.6 is 0 Å². The normalized spacial score (nSPS) is 19.0. The van der Waals surface area contributed by atoms with E-state index in [-0.39, 0.29) is 11.3 Å². The van der Waals surface area contributed by atoms with Gasteiger partial charge >= 0.3 is 0 Å². The van der Waals surface area contributed by atoms with Crippen molar-refractivity contribution >= 4 is 26.6 Å². The number of aryl methyl sites for hydroxylation is 1. The maximum Gasteiger partial charge on any atom is 0.216 e. The third-order valence-corrected chi connectivity index (χ3v) is 6.26. The van der Waals surface area contributed by atoms with Crippen LogP contribution in [0, 0.1) is 6.92 Å². The zero-order chi connectivity index (χ0) is 16.6. The molecule has 0 bridgehead atoms. The molecule has 3 rings (SSSR count). The fourth-order valence-corrected chi connectivity index (χ4v) is 4.79. The first-order valence-corrected chi connectivity index (χ1v) is 9.53. The zero-order valence-electron chi connectivity index (χ0n) is 13.8. The summed E-state index contributed by atoms with van der Waals surface area (Å²) in [5.74, 6) is 0. The Morgan fingerprint density at radius 3 is 2.83 bits per heavy atom. The van der Waals surface area contributed by atoms with Crippen molar-refractivity contribution in [3.8, 4) is 0 Å². The van der Waals surface area contributed by atoms with Crippen LogP contribution in [0.1, 0.15) is 25.8 Å². The van der Waals surface area contributed by atoms with Crippen LogP contribution in [0.15, 0.2) is 30.5 Å². The lowest BCUT2D eigenvalue weighted by Crippen LogP contribution is -2.39. The van der Waals surface area contributed by atoms with Gasteiger partial charge in [-0.2, -0.15) is 0 Å². The molecule has 1 fully saturated rings. The highest BCUT2D eigenvalue weighted by Gasteiger charge is 2.33. The monoisotopic (exact) mass is 333 g/mol. The van der Waals surface area contributed by atoms with E-state index in [2.05, 4.69) is 27.6 Å². The third kappa shape index (κ3) is 3.33. The van der Waals surface area contributed by atoms with Crippen molar-refractivity contribution < 1.29 is 8.42 Å². The summed E-state index contributed by atoms with van der Waals surface area (Å²) >= 11 is 0. The number of aromatic nitrogens is 1. The molecule has 1 aliphatic rings. The summed E-state index contributed by atoms with van der Waals surface area (Å²) in [4.78, 5) is 6.56. The minimum atomic E-state index is -3.27. The molecular weight excluding hydrogens is 310 g/mol. The summed E-state index contributed by atoms with van der Waals surface area (Å²) < 4.78 is 27.5. The van der Waals surface area contributed by atoms with Crippen molar-refractivity contribution in [3.05, 3.63) is 36.0 Å². The molecule has 5 nitrogen and oxygen atoms in total. The number of sulfonamides is 1. The Hall–Kier alpha value is -1.66. The molecule has 6 heteroatoms. The summed E-state index contributed by atoms with van der Waals surface area (Å²) in [5.41, 5.74) is 3.19. The first-order chi connectivity index (χ1) is 10.9. The summed E-state index contributed by atoms with van der Waals surface area (Å²) in [5, 5.41) is 0.722. The molecule has 1 saturated heterocycles. The molecular formula is C17H23N3O2S. The molecule has 124 valence electrons. The Morgan fingerprint density at radius 2 is 2.09 bits per heavy atom. The molecule has 23 heavy (non-hydrogen) atoms. The van der Waals surface area contributed by atoms with Gasteiger partial charge in [0.05, 0.1) is 10.8 Å². The van der Waals surface area contributed by atoms with Gasteiger partial charge in [-0.1, -0.05) is 11.6 Å². The second-order valence-corrected chi connectivity index (χ2v) is 8.52. The minimum absolute atomic E-state index is 0.0709. The van der Waals surface area contributed by atoms with Gasteiger partial charge in [-0.15, -0.1) is 0 Å². The van der Waals surface area contributed by atoms with Gasteiger partial charge < -0.3 is 4.90 Å². The van der Waals surface area contributed by atoms with Gasteiger partial charge in [-0.05, 0) is 45.4 Å². The maximum atomic E-state index is 12.4. The van der Waals surface area contributed by atoms with E-state index in [1.165, 1.54) is 5.56 Å². The highest BCUT2D eigenvalue weighted by molar-refractivity contribution is 7.90. The number of pyridine rings is 1. The van der Waals surface area contributed by atoms with Gasteiger partial charge in [0.1, 0.15) is 0 Å². The predicted octanol–water partition coefficient (Wildman–Crippen LogP) is 2.45. The van der Waals surface area contributed by atoms with E-state index in [1.54, 1.807) is 6.20 Å². The number of fused-ring (bicyclic) bond motifs is 1. The van der Waals surface area contributed by atoms with E-state index in [1.807, 2.05) is 32.0 Å². The molecule has 0 saturated carbocycles. The number of rotatable bonds is 4. The van der Waals surface area contributed by atoms with Crippen LogP contribution in [0.5, 0.6) is 0 Å². The smallest absolute Gasteiger partial charge is 0.216 e. The summed E-state index contributed by atoms with van der Waals surface area (Å²) in [6.45, 7) is 7.03. The fraction of sp³-hybridized carbons (Fsp3) is 0.471. The minimum Gasteiger partial charge on any atom is -0.370 e. The highest BCUT2D eigenvalue weighted by Crippen LogP contribution is 2.30. The second kappa shape index (κ2) is 6.09. The first kappa shape index (κ1) is 16.2. The topological polar surface area (TPSA) is 62.3 Å². The first-order valence-electron chi connectivity index (χ1n) is 7.98. The summed E-state index contributed by atoms with van der Waals surface area (Å²) in [6, 6.07) is 8.08. The number of anilines is 1. The number of hydrogen-bond donors (Lipinski definition) is 1. The molecule has 1 N–H and O–H groups in total. The average Bonchev–Trinajstić information content (AvgIpc) is 2.95. The molecule has 0 radical (unpaired) electrons. The Bertz CT molecular complexity index is 818. The van der Waals surface area contributed by atoms with Crippen molar-refractivity contribution in [2.24, 2.45) is 0 Å². The fourth-order valence-electron chi connectivity index (χ4n) is 3.15. The lowest BCUT2D eigenvalue weighted by Gasteiger charge is -2.21. The second-order valence-electron chi connectivity index (χ2n) is 6.52. The molecule has 1 aromatic carbocycles. The number of nitrogens with one attached hydrogen (secondary N) is 1. The van der Waals surface area contributed by atoms with Crippen LogP contribution in [-0.4, -0.2) is 37.8 Å². The van der Waals surface area contributed by atoms with Gasteiger partial charge in [0.25, 0.3) is 0 Å². The lowest BCUT2D eigenvalue weighted by molar-refractivity contribution is 0.557. The SMILES string of the molecule is Cc1ccc2nccc(N3CC[C@@H](S(=O)(=O)NC(C)C)C3)c2c1. The number of hydrogen-bond acceptors (Lipinski definition) is 4. The Morgan fingerprint density at radius 1 is 1.30 bits per heavy atom. The van der Waals surface area contributed by atoms with Gasteiger partial charge in [-0.25, -0.2) is 13.1 Å². The Balaban J connectivity index is 1.89. The van der Waals surface area contributed by atoms with Crippen LogP contribution in [0.4, 0.5) is 5.69 Å². The Labute approximate surface area is 137 Å². The van der Waals surface area contributed by atoms with Crippen LogP contribution < -0.4 is 9.62 Å². The van der Waals surface area contributed by atoms with E-state index in [0.29, 0.717) is 13.0 Å². The van der Waals surface area contributed by atoms with Gasteiger partial charge in [-0.3, -0.25) is 4.98 Å². The van der Waals surface area contributed by atoms with Crippen LogP contribution in [-0.2, 0) is 10.0 Å². The Kier molecular flexibility index (Phi) is 4.29. The van der Waals surface area contributed by atoms with Crippen LogP contribution in [0.3, 0.4) is 0 Å². The van der Waals surface area contributed by atoms with Crippen molar-refractivity contribution in [2.45, 2.75) is 38.5 Å². The largest absolute Gasteiger partial charge is 0.370 e. The molecule has 2 aromatic rings. The van der Waals surface area contributed by atoms with E-state index in [0.717, 1.165) is 23.1 Å². The number of benzene rings is 1. The van der Waals surface area contributed by atoms with Gasteiger partial charge in [0.15, 0.2) is 0 Å². The average molecular weight is 333 g/mol. The number of nitrogens with zero attached hydrogens (tertiary/aromatic N) is 2. The highest BCUT2D eigenvalue weighted by atomic mass is 32.2. The van der Waals surface area contributed by atoms with Gasteiger partial charge in [0.2, 0.25) is 10.0 Å². The van der Waals surface area contributed by atoms with Crippen molar-refractivity contribution in [2.75, 3.05) is 18.0 Å². The van der Waals surface area contributed by atoms with Gasteiger partial charge in [0, 0.05) is 36.4 Å². The standard InChI is InChI=1S/C17H23N3O2S/c1-12(2)19-23(21,22)14-7-9-20(11-14)17-6-8-18-16-5-4-13(3)10-15(16)17/h4-6,8,10,12,14,19H,7,9,11H2,1-3H3/t14-/m1/s1. The zero-order valence-corrected chi connectivity index (χ0v) is 14.6. The summed E-state index contributed by atoms with van der Waals surface area (Å²) in [7, 11) is -3.27. The van der Waals surface area contributed by atoms with Crippen LogP contribution in [0.2, 0.25) is 0 Å². The van der Waals surface area contributed by atoms with Crippen molar-refractivity contribution in [3.63, 3.8) is 0 Å². The van der Waals surface area contributed by atoms with E-state index < -0.39 is 10.0 Å². The quantitative estimate of drug-likeness (QED) is 0.933. The van der Waals surface area contributed by atoms with Crippen molar-refractivity contribution in [1.29, 1.82) is 0 Å². The summed E-state index contributed by atoms with van der Waals surface area (Å²) in [6.07, 6.45) is 2.44. The predicted molar refractivity (Wildman–Crippen MR) is 94.3 cm³/mol. The molecule has 0 amide bonds. The molecule has 1 atom stereocenters. The molecule has 0 unspecified atom stereocenters. The molecule has 1 aromatic heterocycles. The van der Waals surface area contributed by atoms with Crippen molar-refractivity contribution in [1.82, 2.24) is 9.71 Å². The molecule has 2 heterocycles. The lowest BCUT2D eigenvalue weighted by atomic mass is 10.1. The van der Waals surface area contributed by atoms with E-state index in [4.69, 9.17) is 0 Å². The molecule has 0 aliphatic carbocycles.